The van der Waals surface area contributed by atoms with Crippen LogP contribution in [-0.2, 0) is 9.53 Å². The van der Waals surface area contributed by atoms with Crippen LogP contribution in [0.15, 0.2) is 0 Å². The van der Waals surface area contributed by atoms with Crippen LogP contribution in [0.3, 0.4) is 0 Å². The first-order chi connectivity index (χ1) is 8.15. The highest BCUT2D eigenvalue weighted by atomic mass is 16.5. The Balaban J connectivity index is 2.66. The van der Waals surface area contributed by atoms with Gasteiger partial charge in [-0.15, -0.1) is 0 Å². The molecule has 4 heteroatoms. The highest BCUT2D eigenvalue weighted by Gasteiger charge is 2.35. The van der Waals surface area contributed by atoms with Crippen LogP contribution < -0.4 is 0 Å². The molecule has 1 saturated heterocycles. The maximum atomic E-state index is 12.1. The number of nitrogens with zero attached hydrogens (tertiary/aromatic N) is 2. The molecule has 18 heavy (non-hydrogen) atoms. The Morgan fingerprint density at radius 2 is 2.11 bits per heavy atom. The van der Waals surface area contributed by atoms with E-state index >= 15 is 0 Å². The molecule has 0 aromatic heterocycles. The van der Waals surface area contributed by atoms with Crippen LogP contribution in [0.5, 0.6) is 0 Å². The van der Waals surface area contributed by atoms with Gasteiger partial charge in [-0.25, -0.2) is 0 Å². The molecule has 0 radical (unpaired) electrons. The third-order valence-electron chi connectivity index (χ3n) is 3.59. The van der Waals surface area contributed by atoms with Crippen molar-refractivity contribution < 1.29 is 9.53 Å². The Morgan fingerprint density at radius 3 is 2.56 bits per heavy atom. The normalized spacial score (nSPS) is 21.3. The molecule has 1 heterocycles. The second-order valence-corrected chi connectivity index (χ2v) is 6.99. The number of hydrogen-bond donors (Lipinski definition) is 0. The third-order valence-corrected chi connectivity index (χ3v) is 3.59. The van der Waals surface area contributed by atoms with E-state index in [0.29, 0.717) is 13.0 Å². The van der Waals surface area contributed by atoms with Crippen LogP contribution in [-0.4, -0.2) is 30.0 Å². The minimum Gasteiger partial charge on any atom is -0.422 e. The summed E-state index contributed by atoms with van der Waals surface area (Å²) >= 11 is 0. The quantitative estimate of drug-likeness (QED) is 0.725. The Morgan fingerprint density at radius 1 is 1.50 bits per heavy atom. The molecular weight excluding hydrogens is 228 g/mol. The molecule has 1 rings (SSSR count). The molecule has 0 saturated carbocycles. The fourth-order valence-corrected chi connectivity index (χ4v) is 2.12. The molecule has 1 aliphatic rings. The van der Waals surface area contributed by atoms with E-state index in [1.807, 2.05) is 25.7 Å². The van der Waals surface area contributed by atoms with Crippen LogP contribution in [0.1, 0.15) is 47.5 Å². The van der Waals surface area contributed by atoms with E-state index in [4.69, 9.17) is 10.00 Å². The van der Waals surface area contributed by atoms with Gasteiger partial charge in [0.2, 0.25) is 5.91 Å². The first-order valence-electron chi connectivity index (χ1n) is 6.48. The molecule has 1 unspecified atom stereocenters. The summed E-state index contributed by atoms with van der Waals surface area (Å²) < 4.78 is 5.12. The van der Waals surface area contributed by atoms with Gasteiger partial charge in [-0.3, -0.25) is 4.79 Å². The van der Waals surface area contributed by atoms with Crippen molar-refractivity contribution in [3.63, 3.8) is 0 Å². The number of likely N-dealkylation sites (tertiary alicyclic amines) is 1. The molecule has 1 amide bonds. The van der Waals surface area contributed by atoms with Gasteiger partial charge in [0.25, 0.3) is 6.26 Å². The summed E-state index contributed by atoms with van der Waals surface area (Å²) in [6, 6.07) is 0. The summed E-state index contributed by atoms with van der Waals surface area (Å²) in [6.45, 7) is 11.6. The molecule has 0 aliphatic carbocycles. The second kappa shape index (κ2) is 5.17. The highest BCUT2D eigenvalue weighted by Crippen LogP contribution is 2.32. The number of nitriles is 1. The Labute approximate surface area is 110 Å². The molecule has 0 N–H and O–H groups in total. The molecule has 0 spiro atoms. The number of amides is 1. The molecule has 0 aromatic rings. The zero-order valence-corrected chi connectivity index (χ0v) is 12.1. The van der Waals surface area contributed by atoms with Gasteiger partial charge >= 0.3 is 0 Å². The monoisotopic (exact) mass is 252 g/mol. The lowest BCUT2D eigenvalue weighted by Gasteiger charge is -2.39. The van der Waals surface area contributed by atoms with Crippen molar-refractivity contribution in [2.45, 2.75) is 53.6 Å². The number of hydrogen-bond acceptors (Lipinski definition) is 3. The van der Waals surface area contributed by atoms with E-state index in [1.54, 1.807) is 6.26 Å². The third kappa shape index (κ3) is 3.90. The predicted octanol–water partition coefficient (Wildman–Crippen LogP) is 2.55. The Hall–Kier alpha value is -1.24. The number of rotatable bonds is 3. The maximum Gasteiger partial charge on any atom is 0.286 e. The number of piperidine rings is 1. The average molecular weight is 252 g/mol. The topological polar surface area (TPSA) is 53.3 Å². The molecule has 1 atom stereocenters. The van der Waals surface area contributed by atoms with Gasteiger partial charge in [0.15, 0.2) is 0 Å². The van der Waals surface area contributed by atoms with E-state index < -0.39 is 0 Å². The smallest absolute Gasteiger partial charge is 0.286 e. The molecule has 1 aliphatic heterocycles. The molecular formula is C14H24N2O2. The zero-order valence-electron chi connectivity index (χ0n) is 12.1. The van der Waals surface area contributed by atoms with Crippen LogP contribution in [0.25, 0.3) is 0 Å². The summed E-state index contributed by atoms with van der Waals surface area (Å²) in [4.78, 5) is 13.9. The second-order valence-electron chi connectivity index (χ2n) is 6.99. The van der Waals surface area contributed by atoms with Crippen molar-refractivity contribution in [2.24, 2.45) is 10.8 Å². The SMILES string of the molecule is CC1(C)CCN(CC(OC#N)C(C)(C)C)C(=O)C1. The largest absolute Gasteiger partial charge is 0.422 e. The summed E-state index contributed by atoms with van der Waals surface area (Å²) in [5, 5.41) is 8.70. The van der Waals surface area contributed by atoms with Crippen molar-refractivity contribution in [1.29, 1.82) is 5.26 Å². The lowest BCUT2D eigenvalue weighted by Crippen LogP contribution is -2.48. The van der Waals surface area contributed by atoms with E-state index in [2.05, 4.69) is 13.8 Å². The summed E-state index contributed by atoms with van der Waals surface area (Å²) in [6.07, 6.45) is 3.10. The van der Waals surface area contributed by atoms with Crippen molar-refractivity contribution >= 4 is 5.91 Å². The van der Waals surface area contributed by atoms with Gasteiger partial charge in [0, 0.05) is 18.4 Å². The minimum absolute atomic E-state index is 0.0981. The first kappa shape index (κ1) is 14.8. The summed E-state index contributed by atoms with van der Waals surface area (Å²) in [5.41, 5.74) is -0.0517. The van der Waals surface area contributed by atoms with Crippen molar-refractivity contribution in [3.05, 3.63) is 0 Å². The van der Waals surface area contributed by atoms with Crippen molar-refractivity contribution in [2.75, 3.05) is 13.1 Å². The van der Waals surface area contributed by atoms with E-state index in [9.17, 15) is 4.79 Å². The summed E-state index contributed by atoms with van der Waals surface area (Å²) in [5.74, 6) is 0.169. The van der Waals surface area contributed by atoms with Crippen LogP contribution in [0.2, 0.25) is 0 Å². The van der Waals surface area contributed by atoms with Crippen LogP contribution in [0.4, 0.5) is 0 Å². The van der Waals surface area contributed by atoms with Gasteiger partial charge in [-0.05, 0) is 11.8 Å². The van der Waals surface area contributed by atoms with Gasteiger partial charge in [0.05, 0.1) is 6.54 Å². The van der Waals surface area contributed by atoms with E-state index in [-0.39, 0.29) is 22.8 Å². The van der Waals surface area contributed by atoms with Crippen molar-refractivity contribution in [1.82, 2.24) is 4.90 Å². The standard InChI is InChI=1S/C14H24N2O2/c1-13(2,3)11(18-10-15)9-16-7-6-14(4,5)8-12(16)17/h11H,6-9H2,1-5H3. The maximum absolute atomic E-state index is 12.1. The lowest BCUT2D eigenvalue weighted by molar-refractivity contribution is -0.139. The Bertz CT molecular complexity index is 350. The van der Waals surface area contributed by atoms with Crippen LogP contribution >= 0.6 is 0 Å². The fraction of sp³-hybridized carbons (Fsp3) is 0.857. The van der Waals surface area contributed by atoms with Crippen LogP contribution in [0, 0.1) is 22.3 Å². The van der Waals surface area contributed by atoms with Gasteiger partial charge in [-0.2, -0.15) is 5.26 Å². The summed E-state index contributed by atoms with van der Waals surface area (Å²) in [7, 11) is 0. The molecule has 0 aromatic carbocycles. The molecule has 102 valence electrons. The Kier molecular flexibility index (Phi) is 4.26. The van der Waals surface area contributed by atoms with Gasteiger partial charge < -0.3 is 9.64 Å². The predicted molar refractivity (Wildman–Crippen MR) is 69.5 cm³/mol. The molecule has 4 nitrogen and oxygen atoms in total. The van der Waals surface area contributed by atoms with E-state index in [1.165, 1.54) is 0 Å². The minimum atomic E-state index is -0.243. The van der Waals surface area contributed by atoms with E-state index in [0.717, 1.165) is 13.0 Å². The lowest BCUT2D eigenvalue weighted by atomic mass is 9.81. The highest BCUT2D eigenvalue weighted by molar-refractivity contribution is 5.77. The zero-order chi connectivity index (χ0) is 14.0. The first-order valence-corrected chi connectivity index (χ1v) is 6.48. The molecule has 1 fully saturated rings. The van der Waals surface area contributed by atoms with Crippen molar-refractivity contribution in [3.8, 4) is 6.26 Å². The van der Waals surface area contributed by atoms with Gasteiger partial charge in [0.1, 0.15) is 6.10 Å². The number of ether oxygens (including phenoxy) is 1. The van der Waals surface area contributed by atoms with Gasteiger partial charge in [-0.1, -0.05) is 34.6 Å². The number of carbonyl (C=O) groups excluding carboxylic acids is 1. The fourth-order valence-electron chi connectivity index (χ4n) is 2.12. The average Bonchev–Trinajstić information content (AvgIpc) is 2.18. The number of carbonyl (C=O) groups is 1. The molecule has 0 bridgehead atoms.